The molecule has 152 valence electrons. The smallest absolute Gasteiger partial charge is 0.289 e. The maximum atomic E-state index is 13.3. The van der Waals surface area contributed by atoms with Gasteiger partial charge >= 0.3 is 0 Å². The standard InChI is InChI=1S/C21H22N2O4S2/c24-19-14-29-21(26)23(19)11-15-4-1-5-16(10-15)20(25)22(12-17-6-2-8-27-17)13-18-7-3-9-28-18/h1,3-5,7,9-10,17H,2,6,8,11-14H2. The van der Waals surface area contributed by atoms with Gasteiger partial charge in [0.15, 0.2) is 0 Å². The second-order valence-electron chi connectivity index (χ2n) is 7.13. The van der Waals surface area contributed by atoms with Gasteiger partial charge in [0.25, 0.3) is 11.1 Å². The molecule has 0 radical (unpaired) electrons. The number of rotatable bonds is 7. The van der Waals surface area contributed by atoms with E-state index in [1.807, 2.05) is 28.5 Å². The minimum absolute atomic E-state index is 0.0656. The summed E-state index contributed by atoms with van der Waals surface area (Å²) in [6.45, 7) is 2.04. The zero-order chi connectivity index (χ0) is 20.2. The van der Waals surface area contributed by atoms with Crippen molar-refractivity contribution in [3.63, 3.8) is 0 Å². The number of ether oxygens (including phenoxy) is 1. The first-order valence-corrected chi connectivity index (χ1v) is 11.5. The van der Waals surface area contributed by atoms with E-state index >= 15 is 0 Å². The number of nitrogens with zero attached hydrogens (tertiary/aromatic N) is 2. The molecule has 2 saturated heterocycles. The Labute approximate surface area is 177 Å². The molecule has 0 spiro atoms. The fourth-order valence-electron chi connectivity index (χ4n) is 3.55. The second-order valence-corrected chi connectivity index (χ2v) is 9.09. The monoisotopic (exact) mass is 430 g/mol. The molecule has 2 aliphatic heterocycles. The summed E-state index contributed by atoms with van der Waals surface area (Å²) in [5.41, 5.74) is 1.33. The molecular weight excluding hydrogens is 408 g/mol. The van der Waals surface area contributed by atoms with Gasteiger partial charge in [-0.15, -0.1) is 11.3 Å². The highest BCUT2D eigenvalue weighted by atomic mass is 32.2. The number of imide groups is 1. The molecule has 1 aromatic carbocycles. The number of benzene rings is 1. The number of thiophene rings is 1. The van der Waals surface area contributed by atoms with E-state index in [2.05, 4.69) is 0 Å². The Balaban J connectivity index is 1.51. The fourth-order valence-corrected chi connectivity index (χ4v) is 4.99. The highest BCUT2D eigenvalue weighted by molar-refractivity contribution is 8.14. The van der Waals surface area contributed by atoms with Crippen molar-refractivity contribution in [3.8, 4) is 0 Å². The largest absolute Gasteiger partial charge is 0.376 e. The predicted octanol–water partition coefficient (Wildman–Crippen LogP) is 3.76. The van der Waals surface area contributed by atoms with Crippen LogP contribution in [0, 0.1) is 0 Å². The molecule has 2 aliphatic rings. The quantitative estimate of drug-likeness (QED) is 0.669. The van der Waals surface area contributed by atoms with Gasteiger partial charge in [0.05, 0.1) is 24.9 Å². The number of hydrogen-bond acceptors (Lipinski definition) is 6. The number of carbonyl (C=O) groups is 3. The average Bonchev–Trinajstić information content (AvgIpc) is 3.48. The van der Waals surface area contributed by atoms with Gasteiger partial charge in [-0.1, -0.05) is 30.0 Å². The van der Waals surface area contributed by atoms with Crippen molar-refractivity contribution < 1.29 is 19.1 Å². The summed E-state index contributed by atoms with van der Waals surface area (Å²) in [6, 6.07) is 11.2. The molecule has 8 heteroatoms. The second kappa shape index (κ2) is 9.11. The Morgan fingerprint density at radius 3 is 2.83 bits per heavy atom. The fraction of sp³-hybridized carbons (Fsp3) is 0.381. The lowest BCUT2D eigenvalue weighted by atomic mass is 10.1. The van der Waals surface area contributed by atoms with Gasteiger partial charge in [0.1, 0.15) is 0 Å². The minimum atomic E-state index is -0.232. The minimum Gasteiger partial charge on any atom is -0.376 e. The lowest BCUT2D eigenvalue weighted by molar-refractivity contribution is -0.125. The van der Waals surface area contributed by atoms with E-state index in [4.69, 9.17) is 4.74 Å². The van der Waals surface area contributed by atoms with Crippen LogP contribution in [0.3, 0.4) is 0 Å². The SMILES string of the molecule is O=C(c1cccc(CN2C(=O)CSC2=O)c1)N(Cc1cccs1)CC1CCCO1. The van der Waals surface area contributed by atoms with Crippen molar-refractivity contribution in [3.05, 3.63) is 57.8 Å². The van der Waals surface area contributed by atoms with Gasteiger partial charge in [-0.2, -0.15) is 0 Å². The maximum absolute atomic E-state index is 13.3. The van der Waals surface area contributed by atoms with Crippen molar-refractivity contribution in [2.75, 3.05) is 18.9 Å². The Bertz CT molecular complexity index is 878. The van der Waals surface area contributed by atoms with Gasteiger partial charge in [-0.05, 0) is 42.0 Å². The molecule has 1 aromatic heterocycles. The van der Waals surface area contributed by atoms with E-state index < -0.39 is 0 Å². The first-order valence-electron chi connectivity index (χ1n) is 9.59. The van der Waals surface area contributed by atoms with E-state index in [-0.39, 0.29) is 35.5 Å². The van der Waals surface area contributed by atoms with E-state index in [0.717, 1.165) is 41.7 Å². The van der Waals surface area contributed by atoms with Crippen LogP contribution >= 0.6 is 23.1 Å². The van der Waals surface area contributed by atoms with Crippen molar-refractivity contribution in [2.24, 2.45) is 0 Å². The third-order valence-corrected chi connectivity index (χ3v) is 6.74. The van der Waals surface area contributed by atoms with Crippen LogP contribution in [0.1, 0.15) is 33.6 Å². The van der Waals surface area contributed by atoms with Gasteiger partial charge in [-0.25, -0.2) is 0 Å². The predicted molar refractivity (Wildman–Crippen MR) is 113 cm³/mol. The molecule has 0 N–H and O–H groups in total. The average molecular weight is 431 g/mol. The molecule has 3 heterocycles. The van der Waals surface area contributed by atoms with Crippen LogP contribution in [0.5, 0.6) is 0 Å². The van der Waals surface area contributed by atoms with Gasteiger partial charge in [-0.3, -0.25) is 19.3 Å². The summed E-state index contributed by atoms with van der Waals surface area (Å²) < 4.78 is 5.75. The van der Waals surface area contributed by atoms with Gasteiger partial charge in [0.2, 0.25) is 5.91 Å². The molecule has 2 aromatic rings. The van der Waals surface area contributed by atoms with E-state index in [9.17, 15) is 14.4 Å². The Morgan fingerprint density at radius 2 is 2.14 bits per heavy atom. The normalized spacial score (nSPS) is 19.2. The summed E-state index contributed by atoms with van der Waals surface area (Å²) in [5.74, 6) is -0.0633. The lowest BCUT2D eigenvalue weighted by Gasteiger charge is -2.25. The number of thioether (sulfide) groups is 1. The lowest BCUT2D eigenvalue weighted by Crippen LogP contribution is -2.36. The van der Waals surface area contributed by atoms with Crippen LogP contribution in [0.2, 0.25) is 0 Å². The molecule has 0 saturated carbocycles. The zero-order valence-electron chi connectivity index (χ0n) is 15.9. The van der Waals surface area contributed by atoms with Crippen LogP contribution in [0.25, 0.3) is 0 Å². The maximum Gasteiger partial charge on any atom is 0.289 e. The van der Waals surface area contributed by atoms with Crippen molar-refractivity contribution in [2.45, 2.75) is 32.0 Å². The highest BCUT2D eigenvalue weighted by Gasteiger charge is 2.30. The van der Waals surface area contributed by atoms with Crippen molar-refractivity contribution >= 4 is 40.2 Å². The third kappa shape index (κ3) is 4.88. The summed E-state index contributed by atoms with van der Waals surface area (Å²) in [4.78, 5) is 41.3. The Morgan fingerprint density at radius 1 is 1.24 bits per heavy atom. The number of hydrogen-bond donors (Lipinski definition) is 0. The molecule has 2 fully saturated rings. The molecule has 0 aliphatic carbocycles. The van der Waals surface area contributed by atoms with Crippen LogP contribution in [-0.2, 0) is 22.6 Å². The first kappa shape index (κ1) is 20.1. The highest BCUT2D eigenvalue weighted by Crippen LogP contribution is 2.23. The topological polar surface area (TPSA) is 66.9 Å². The summed E-state index contributed by atoms with van der Waals surface area (Å²) in [7, 11) is 0. The molecule has 1 unspecified atom stereocenters. The molecule has 29 heavy (non-hydrogen) atoms. The third-order valence-electron chi connectivity index (χ3n) is 5.02. The van der Waals surface area contributed by atoms with E-state index in [0.29, 0.717) is 18.7 Å². The summed E-state index contributed by atoms with van der Waals surface area (Å²) in [5, 5.41) is 1.77. The molecule has 6 nitrogen and oxygen atoms in total. The summed E-state index contributed by atoms with van der Waals surface area (Å²) >= 11 is 2.65. The Hall–Kier alpha value is -2.16. The Kier molecular flexibility index (Phi) is 6.32. The molecule has 1 atom stereocenters. The number of carbonyl (C=O) groups excluding carboxylic acids is 3. The van der Waals surface area contributed by atoms with E-state index in [1.54, 1.807) is 29.5 Å². The first-order chi connectivity index (χ1) is 14.1. The number of amides is 3. The van der Waals surface area contributed by atoms with E-state index in [1.165, 1.54) is 4.90 Å². The van der Waals surface area contributed by atoms with Crippen LogP contribution in [-0.4, -0.2) is 51.9 Å². The van der Waals surface area contributed by atoms with Crippen LogP contribution in [0.4, 0.5) is 4.79 Å². The molecule has 3 amide bonds. The molecule has 4 rings (SSSR count). The van der Waals surface area contributed by atoms with Gasteiger partial charge < -0.3 is 9.64 Å². The van der Waals surface area contributed by atoms with Crippen molar-refractivity contribution in [1.29, 1.82) is 0 Å². The summed E-state index contributed by atoms with van der Waals surface area (Å²) in [6.07, 6.45) is 2.06. The zero-order valence-corrected chi connectivity index (χ0v) is 17.5. The molecule has 0 bridgehead atoms. The van der Waals surface area contributed by atoms with Gasteiger partial charge in [0, 0.05) is 23.6 Å². The van der Waals surface area contributed by atoms with Crippen LogP contribution in [0.15, 0.2) is 41.8 Å². The van der Waals surface area contributed by atoms with Crippen molar-refractivity contribution in [1.82, 2.24) is 9.80 Å². The van der Waals surface area contributed by atoms with Crippen LogP contribution < -0.4 is 0 Å². The molecular formula is C21H22N2O4S2.